The summed E-state index contributed by atoms with van der Waals surface area (Å²) in [5.74, 6) is 0.685. The Balaban J connectivity index is 1.64. The lowest BCUT2D eigenvalue weighted by atomic mass is 9.89. The molecule has 3 rings (SSSR count). The standard InChI is InChI=1S/C23H29NO2/c1-15-8-7-11-22(16(15)2)26-18(4)23(25)24-17(3)20-13-12-19-9-5-6-10-21(19)14-20/h7-8,11-14,17-18H,5-6,9-10H2,1-4H3,(H,24,25)/t17-,18+/m0/s1. The van der Waals surface area contributed by atoms with Crippen LogP contribution in [0.25, 0.3) is 0 Å². The minimum atomic E-state index is -0.532. The van der Waals surface area contributed by atoms with Gasteiger partial charge in [0, 0.05) is 0 Å². The van der Waals surface area contributed by atoms with Gasteiger partial charge in [-0.1, -0.05) is 30.3 Å². The van der Waals surface area contributed by atoms with Crippen LogP contribution in [0, 0.1) is 13.8 Å². The van der Waals surface area contributed by atoms with Crippen molar-refractivity contribution in [3.63, 3.8) is 0 Å². The summed E-state index contributed by atoms with van der Waals surface area (Å²) in [6, 6.07) is 12.5. The van der Waals surface area contributed by atoms with Crippen molar-refractivity contribution in [3.8, 4) is 5.75 Å². The summed E-state index contributed by atoms with van der Waals surface area (Å²) >= 11 is 0. The van der Waals surface area contributed by atoms with Gasteiger partial charge >= 0.3 is 0 Å². The third-order valence-electron chi connectivity index (χ3n) is 5.46. The molecule has 0 saturated carbocycles. The van der Waals surface area contributed by atoms with E-state index in [-0.39, 0.29) is 11.9 Å². The Hall–Kier alpha value is -2.29. The molecule has 1 aliphatic carbocycles. The number of fused-ring (bicyclic) bond motifs is 1. The van der Waals surface area contributed by atoms with Crippen LogP contribution in [0.2, 0.25) is 0 Å². The monoisotopic (exact) mass is 351 g/mol. The van der Waals surface area contributed by atoms with Gasteiger partial charge in [0.15, 0.2) is 6.10 Å². The van der Waals surface area contributed by atoms with E-state index < -0.39 is 6.10 Å². The first kappa shape index (κ1) is 18.5. The number of amides is 1. The lowest BCUT2D eigenvalue weighted by Crippen LogP contribution is -2.38. The molecule has 0 radical (unpaired) electrons. The Labute approximate surface area is 156 Å². The summed E-state index contributed by atoms with van der Waals surface area (Å²) in [5, 5.41) is 3.09. The van der Waals surface area contributed by atoms with E-state index in [4.69, 9.17) is 4.74 Å². The Morgan fingerprint density at radius 1 is 1.04 bits per heavy atom. The maximum atomic E-state index is 12.6. The van der Waals surface area contributed by atoms with Gasteiger partial charge in [-0.2, -0.15) is 0 Å². The highest BCUT2D eigenvalue weighted by atomic mass is 16.5. The summed E-state index contributed by atoms with van der Waals surface area (Å²) in [6.07, 6.45) is 4.34. The van der Waals surface area contributed by atoms with Gasteiger partial charge in [-0.3, -0.25) is 4.79 Å². The molecular weight excluding hydrogens is 322 g/mol. The summed E-state index contributed by atoms with van der Waals surface area (Å²) < 4.78 is 5.90. The highest BCUT2D eigenvalue weighted by Crippen LogP contribution is 2.25. The molecule has 0 aromatic heterocycles. The van der Waals surface area contributed by atoms with Crippen LogP contribution in [0.15, 0.2) is 36.4 Å². The number of nitrogens with one attached hydrogen (secondary N) is 1. The van der Waals surface area contributed by atoms with E-state index in [2.05, 4.69) is 23.5 Å². The van der Waals surface area contributed by atoms with E-state index in [9.17, 15) is 4.79 Å². The molecule has 2 atom stereocenters. The predicted molar refractivity (Wildman–Crippen MR) is 106 cm³/mol. The predicted octanol–water partition coefficient (Wildman–Crippen LogP) is 4.83. The average molecular weight is 351 g/mol. The molecule has 0 heterocycles. The van der Waals surface area contributed by atoms with Crippen LogP contribution in [0.5, 0.6) is 5.75 Å². The Kier molecular flexibility index (Phi) is 5.65. The highest BCUT2D eigenvalue weighted by Gasteiger charge is 2.19. The maximum absolute atomic E-state index is 12.6. The van der Waals surface area contributed by atoms with Gasteiger partial charge in [0.2, 0.25) is 0 Å². The van der Waals surface area contributed by atoms with Crippen molar-refractivity contribution in [1.82, 2.24) is 5.32 Å². The number of aryl methyl sites for hydroxylation is 3. The highest BCUT2D eigenvalue weighted by molar-refractivity contribution is 5.81. The van der Waals surface area contributed by atoms with Crippen molar-refractivity contribution < 1.29 is 9.53 Å². The molecule has 0 fully saturated rings. The van der Waals surface area contributed by atoms with Crippen molar-refractivity contribution in [2.24, 2.45) is 0 Å². The molecule has 0 bridgehead atoms. The van der Waals surface area contributed by atoms with Crippen LogP contribution in [-0.2, 0) is 17.6 Å². The van der Waals surface area contributed by atoms with Crippen LogP contribution < -0.4 is 10.1 Å². The molecule has 0 aliphatic heterocycles. The Morgan fingerprint density at radius 3 is 2.54 bits per heavy atom. The first-order chi connectivity index (χ1) is 12.5. The number of carbonyl (C=O) groups excluding carboxylic acids is 1. The number of hydrogen-bond acceptors (Lipinski definition) is 2. The van der Waals surface area contributed by atoms with Crippen LogP contribution in [0.4, 0.5) is 0 Å². The molecule has 3 heteroatoms. The maximum Gasteiger partial charge on any atom is 0.261 e. The van der Waals surface area contributed by atoms with E-state index in [1.807, 2.05) is 39.0 Å². The molecular formula is C23H29NO2. The molecule has 1 aliphatic rings. The zero-order valence-electron chi connectivity index (χ0n) is 16.3. The second-order valence-electron chi connectivity index (χ2n) is 7.42. The lowest BCUT2D eigenvalue weighted by molar-refractivity contribution is -0.127. The van der Waals surface area contributed by atoms with Gasteiger partial charge < -0.3 is 10.1 Å². The Morgan fingerprint density at radius 2 is 1.77 bits per heavy atom. The third kappa shape index (κ3) is 4.09. The first-order valence-corrected chi connectivity index (χ1v) is 9.60. The molecule has 0 saturated heterocycles. The molecule has 0 unspecified atom stereocenters. The lowest BCUT2D eigenvalue weighted by Gasteiger charge is -2.22. The minimum Gasteiger partial charge on any atom is -0.481 e. The topological polar surface area (TPSA) is 38.3 Å². The molecule has 0 spiro atoms. The molecule has 3 nitrogen and oxygen atoms in total. The molecule has 26 heavy (non-hydrogen) atoms. The van der Waals surface area contributed by atoms with Gasteiger partial charge in [0.05, 0.1) is 6.04 Å². The number of rotatable bonds is 5. The van der Waals surface area contributed by atoms with Crippen LogP contribution in [0.3, 0.4) is 0 Å². The molecule has 138 valence electrons. The fourth-order valence-electron chi connectivity index (χ4n) is 3.53. The third-order valence-corrected chi connectivity index (χ3v) is 5.46. The summed E-state index contributed by atoms with van der Waals surface area (Å²) in [5.41, 5.74) is 6.31. The molecule has 2 aromatic rings. The van der Waals surface area contributed by atoms with Gasteiger partial charge in [-0.25, -0.2) is 0 Å². The van der Waals surface area contributed by atoms with Crippen molar-refractivity contribution in [1.29, 1.82) is 0 Å². The summed E-state index contributed by atoms with van der Waals surface area (Å²) in [7, 11) is 0. The minimum absolute atomic E-state index is 0.0283. The zero-order chi connectivity index (χ0) is 18.7. The second-order valence-corrected chi connectivity index (χ2v) is 7.42. The van der Waals surface area contributed by atoms with E-state index in [1.165, 1.54) is 30.4 Å². The van der Waals surface area contributed by atoms with Gasteiger partial charge in [-0.05, 0) is 87.3 Å². The van der Waals surface area contributed by atoms with Gasteiger partial charge in [0.1, 0.15) is 5.75 Å². The molecule has 2 aromatic carbocycles. The first-order valence-electron chi connectivity index (χ1n) is 9.60. The van der Waals surface area contributed by atoms with Crippen molar-refractivity contribution in [2.75, 3.05) is 0 Å². The average Bonchev–Trinajstić information content (AvgIpc) is 2.64. The second kappa shape index (κ2) is 7.94. The number of carbonyl (C=O) groups is 1. The van der Waals surface area contributed by atoms with E-state index in [1.54, 1.807) is 6.92 Å². The normalized spacial score (nSPS) is 15.7. The fourth-order valence-corrected chi connectivity index (χ4v) is 3.53. The van der Waals surface area contributed by atoms with Crippen molar-refractivity contribution in [2.45, 2.75) is 65.5 Å². The van der Waals surface area contributed by atoms with Crippen molar-refractivity contribution in [3.05, 3.63) is 64.2 Å². The van der Waals surface area contributed by atoms with E-state index >= 15 is 0 Å². The van der Waals surface area contributed by atoms with Crippen LogP contribution in [0.1, 0.15) is 60.5 Å². The smallest absolute Gasteiger partial charge is 0.261 e. The molecule has 1 N–H and O–H groups in total. The molecule has 1 amide bonds. The quantitative estimate of drug-likeness (QED) is 0.838. The zero-order valence-corrected chi connectivity index (χ0v) is 16.3. The number of hydrogen-bond donors (Lipinski definition) is 1. The van der Waals surface area contributed by atoms with E-state index in [0.717, 1.165) is 28.9 Å². The summed E-state index contributed by atoms with van der Waals surface area (Å²) in [6.45, 7) is 7.90. The largest absolute Gasteiger partial charge is 0.481 e. The van der Waals surface area contributed by atoms with Crippen LogP contribution >= 0.6 is 0 Å². The van der Waals surface area contributed by atoms with Gasteiger partial charge in [-0.15, -0.1) is 0 Å². The van der Waals surface area contributed by atoms with E-state index in [0.29, 0.717) is 0 Å². The SMILES string of the molecule is Cc1cccc(O[C@H](C)C(=O)N[C@@H](C)c2ccc3c(c2)CCCC3)c1C. The number of benzene rings is 2. The summed E-state index contributed by atoms with van der Waals surface area (Å²) in [4.78, 5) is 12.6. The van der Waals surface area contributed by atoms with Crippen LogP contribution in [-0.4, -0.2) is 12.0 Å². The number of ether oxygens (including phenoxy) is 1. The van der Waals surface area contributed by atoms with Crippen molar-refractivity contribution >= 4 is 5.91 Å². The van der Waals surface area contributed by atoms with Gasteiger partial charge in [0.25, 0.3) is 5.91 Å². The fraction of sp³-hybridized carbons (Fsp3) is 0.435. The Bertz CT molecular complexity index is 797.